The van der Waals surface area contributed by atoms with E-state index < -0.39 is 17.8 Å². The van der Waals surface area contributed by atoms with Crippen LogP contribution in [0.15, 0.2) is 35.1 Å². The highest BCUT2D eigenvalue weighted by atomic mass is 79.9. The van der Waals surface area contributed by atoms with Crippen molar-refractivity contribution in [2.75, 3.05) is 7.05 Å². The third-order valence-corrected chi connectivity index (χ3v) is 3.49. The highest BCUT2D eigenvalue weighted by Gasteiger charge is 2.35. The van der Waals surface area contributed by atoms with E-state index >= 15 is 0 Å². The third-order valence-electron chi connectivity index (χ3n) is 3.00. The first kappa shape index (κ1) is 15.1. The van der Waals surface area contributed by atoms with Crippen molar-refractivity contribution in [3.8, 4) is 0 Å². The number of nitrogens with one attached hydrogen (secondary N) is 2. The number of H-pyrrole nitrogens is 1. The van der Waals surface area contributed by atoms with Crippen molar-refractivity contribution in [3.63, 3.8) is 0 Å². The van der Waals surface area contributed by atoms with Crippen LogP contribution in [0.2, 0.25) is 0 Å². The molecule has 0 aliphatic heterocycles. The van der Waals surface area contributed by atoms with Gasteiger partial charge < -0.3 is 10.3 Å². The van der Waals surface area contributed by atoms with Gasteiger partial charge in [-0.25, -0.2) is 4.98 Å². The maximum absolute atomic E-state index is 13.1. The molecule has 2 N–H and O–H groups in total. The van der Waals surface area contributed by atoms with Crippen molar-refractivity contribution in [2.45, 2.75) is 18.6 Å². The largest absolute Gasteiger partial charge is 0.416 e. The molecule has 0 amide bonds. The van der Waals surface area contributed by atoms with E-state index in [0.717, 1.165) is 6.07 Å². The number of imidazole rings is 1. The number of rotatable bonds is 4. The van der Waals surface area contributed by atoms with Crippen LogP contribution in [0.3, 0.4) is 0 Å². The second-order valence-corrected chi connectivity index (χ2v) is 5.23. The zero-order valence-corrected chi connectivity index (χ0v) is 12.2. The summed E-state index contributed by atoms with van der Waals surface area (Å²) in [5, 5.41) is 2.91. The van der Waals surface area contributed by atoms with E-state index in [2.05, 4.69) is 31.2 Å². The SMILES string of the molecule is CNC(Cc1ncc[nH]1)c1ccc(Br)cc1C(F)(F)F. The van der Waals surface area contributed by atoms with Gasteiger partial charge in [0.25, 0.3) is 0 Å². The van der Waals surface area contributed by atoms with Gasteiger partial charge in [0.2, 0.25) is 0 Å². The van der Waals surface area contributed by atoms with Crippen LogP contribution in [-0.4, -0.2) is 17.0 Å². The first-order chi connectivity index (χ1) is 9.41. The second-order valence-electron chi connectivity index (χ2n) is 4.31. The van der Waals surface area contributed by atoms with Crippen molar-refractivity contribution < 1.29 is 13.2 Å². The summed E-state index contributed by atoms with van der Waals surface area (Å²) in [5.41, 5.74) is -0.433. The maximum atomic E-state index is 13.1. The van der Waals surface area contributed by atoms with E-state index in [1.54, 1.807) is 25.5 Å². The monoisotopic (exact) mass is 347 g/mol. The van der Waals surface area contributed by atoms with E-state index in [0.29, 0.717) is 16.7 Å². The number of aromatic amines is 1. The van der Waals surface area contributed by atoms with Gasteiger partial charge in [0.05, 0.1) is 5.56 Å². The predicted molar refractivity (Wildman–Crippen MR) is 73.2 cm³/mol. The van der Waals surface area contributed by atoms with Crippen molar-refractivity contribution in [2.24, 2.45) is 0 Å². The Morgan fingerprint density at radius 2 is 2.15 bits per heavy atom. The Morgan fingerprint density at radius 3 is 2.70 bits per heavy atom. The van der Waals surface area contributed by atoms with Gasteiger partial charge in [0, 0.05) is 29.3 Å². The van der Waals surface area contributed by atoms with Crippen LogP contribution in [0.4, 0.5) is 13.2 Å². The average Bonchev–Trinajstić information content (AvgIpc) is 2.88. The van der Waals surface area contributed by atoms with Crippen molar-refractivity contribution in [1.82, 2.24) is 15.3 Å². The van der Waals surface area contributed by atoms with Crippen LogP contribution in [0.1, 0.15) is 23.0 Å². The molecule has 0 radical (unpaired) electrons. The lowest BCUT2D eigenvalue weighted by Gasteiger charge is -2.21. The molecule has 0 bridgehead atoms. The molecular formula is C13H13BrF3N3. The molecule has 1 unspecified atom stereocenters. The molecule has 0 fully saturated rings. The number of nitrogens with zero attached hydrogens (tertiary/aromatic N) is 1. The van der Waals surface area contributed by atoms with Gasteiger partial charge in [0.1, 0.15) is 5.82 Å². The first-order valence-electron chi connectivity index (χ1n) is 5.94. The molecule has 0 saturated carbocycles. The molecule has 0 aliphatic carbocycles. The lowest BCUT2D eigenvalue weighted by atomic mass is 9.97. The Balaban J connectivity index is 2.38. The Bertz CT molecular complexity index is 567. The van der Waals surface area contributed by atoms with Gasteiger partial charge >= 0.3 is 6.18 Å². The molecule has 0 aliphatic rings. The standard InChI is InChI=1S/C13H13BrF3N3/c1-18-11(7-12-19-4-5-20-12)9-3-2-8(14)6-10(9)13(15,16)17/h2-6,11,18H,7H2,1H3,(H,19,20). The summed E-state index contributed by atoms with van der Waals surface area (Å²) in [5.74, 6) is 0.639. The molecule has 1 atom stereocenters. The quantitative estimate of drug-likeness (QED) is 0.885. The summed E-state index contributed by atoms with van der Waals surface area (Å²) in [6.45, 7) is 0. The highest BCUT2D eigenvalue weighted by Crippen LogP contribution is 2.36. The van der Waals surface area contributed by atoms with Crippen LogP contribution < -0.4 is 5.32 Å². The maximum Gasteiger partial charge on any atom is 0.416 e. The Morgan fingerprint density at radius 1 is 1.40 bits per heavy atom. The average molecular weight is 348 g/mol. The number of hydrogen-bond donors (Lipinski definition) is 2. The van der Waals surface area contributed by atoms with E-state index in [4.69, 9.17) is 0 Å². The lowest BCUT2D eigenvalue weighted by molar-refractivity contribution is -0.138. The molecule has 0 saturated heterocycles. The normalized spacial score (nSPS) is 13.4. The lowest BCUT2D eigenvalue weighted by Crippen LogP contribution is -2.23. The number of alkyl halides is 3. The van der Waals surface area contributed by atoms with Gasteiger partial charge in [-0.3, -0.25) is 0 Å². The van der Waals surface area contributed by atoms with E-state index in [1.807, 2.05) is 0 Å². The number of hydrogen-bond acceptors (Lipinski definition) is 2. The molecule has 108 valence electrons. The minimum Gasteiger partial charge on any atom is -0.349 e. The molecule has 2 aromatic rings. The molecule has 7 heteroatoms. The van der Waals surface area contributed by atoms with E-state index in [9.17, 15) is 13.2 Å². The summed E-state index contributed by atoms with van der Waals surface area (Å²) >= 11 is 3.08. The van der Waals surface area contributed by atoms with Gasteiger partial charge in [0.15, 0.2) is 0 Å². The van der Waals surface area contributed by atoms with E-state index in [1.165, 1.54) is 6.07 Å². The summed E-state index contributed by atoms with van der Waals surface area (Å²) in [4.78, 5) is 6.95. The smallest absolute Gasteiger partial charge is 0.349 e. The number of aromatic nitrogens is 2. The number of likely N-dealkylation sites (N-methyl/N-ethyl adjacent to an activating group) is 1. The molecule has 20 heavy (non-hydrogen) atoms. The molecule has 1 heterocycles. The number of benzene rings is 1. The second kappa shape index (κ2) is 5.97. The van der Waals surface area contributed by atoms with Crippen LogP contribution >= 0.6 is 15.9 Å². The minimum absolute atomic E-state index is 0.208. The minimum atomic E-state index is -4.39. The van der Waals surface area contributed by atoms with Crippen LogP contribution in [0.25, 0.3) is 0 Å². The zero-order chi connectivity index (χ0) is 14.8. The summed E-state index contributed by atoms with van der Waals surface area (Å²) in [7, 11) is 1.63. The fourth-order valence-corrected chi connectivity index (χ4v) is 2.41. The first-order valence-corrected chi connectivity index (χ1v) is 6.73. The van der Waals surface area contributed by atoms with Crippen molar-refractivity contribution in [3.05, 3.63) is 52.0 Å². The molecule has 2 rings (SSSR count). The molecule has 0 spiro atoms. The van der Waals surface area contributed by atoms with Gasteiger partial charge in [-0.1, -0.05) is 22.0 Å². The Kier molecular flexibility index (Phi) is 4.49. The summed E-state index contributed by atoms with van der Waals surface area (Å²) in [6.07, 6.45) is -0.811. The van der Waals surface area contributed by atoms with E-state index in [-0.39, 0.29) is 5.56 Å². The van der Waals surface area contributed by atoms with Crippen LogP contribution in [0.5, 0.6) is 0 Å². The Hall–Kier alpha value is -1.34. The van der Waals surface area contributed by atoms with Crippen LogP contribution in [0, 0.1) is 0 Å². The Labute approximate surface area is 122 Å². The zero-order valence-electron chi connectivity index (χ0n) is 10.6. The highest BCUT2D eigenvalue weighted by molar-refractivity contribution is 9.10. The fourth-order valence-electron chi connectivity index (χ4n) is 2.05. The summed E-state index contributed by atoms with van der Waals surface area (Å²) in [6, 6.07) is 3.72. The van der Waals surface area contributed by atoms with Gasteiger partial charge in [-0.2, -0.15) is 13.2 Å². The number of halogens is 4. The van der Waals surface area contributed by atoms with Crippen molar-refractivity contribution in [1.29, 1.82) is 0 Å². The molecule has 1 aromatic heterocycles. The van der Waals surface area contributed by atoms with Crippen molar-refractivity contribution >= 4 is 15.9 Å². The van der Waals surface area contributed by atoms with Crippen LogP contribution in [-0.2, 0) is 12.6 Å². The fraction of sp³-hybridized carbons (Fsp3) is 0.308. The predicted octanol–water partition coefficient (Wildman–Crippen LogP) is 3.69. The van der Waals surface area contributed by atoms with Gasteiger partial charge in [-0.05, 0) is 24.7 Å². The summed E-state index contributed by atoms with van der Waals surface area (Å²) < 4.78 is 39.8. The molecule has 1 aromatic carbocycles. The third kappa shape index (κ3) is 3.40. The van der Waals surface area contributed by atoms with Gasteiger partial charge in [-0.15, -0.1) is 0 Å². The molecular weight excluding hydrogens is 335 g/mol. The topological polar surface area (TPSA) is 40.7 Å². The molecule has 3 nitrogen and oxygen atoms in total.